The highest BCUT2D eigenvalue weighted by Gasteiger charge is 2.03. The summed E-state index contributed by atoms with van der Waals surface area (Å²) in [7, 11) is 0. The summed E-state index contributed by atoms with van der Waals surface area (Å²) in [6, 6.07) is 14.2. The molecule has 0 saturated carbocycles. The van der Waals surface area contributed by atoms with Gasteiger partial charge in [-0.2, -0.15) is 0 Å². The number of rotatable bonds is 5. The fraction of sp³-hybridized carbons (Fsp3) is 0.133. The molecule has 5 heteroatoms. The highest BCUT2D eigenvalue weighted by Crippen LogP contribution is 2.29. The van der Waals surface area contributed by atoms with Crippen LogP contribution in [0.5, 0.6) is 5.75 Å². The van der Waals surface area contributed by atoms with Crippen molar-refractivity contribution in [2.75, 3.05) is 12.4 Å². The molecule has 2 nitrogen and oxygen atoms in total. The average Bonchev–Trinajstić information content (AvgIpc) is 2.88. The largest absolute Gasteiger partial charge is 0.493 e. The van der Waals surface area contributed by atoms with Gasteiger partial charge >= 0.3 is 0 Å². The van der Waals surface area contributed by atoms with E-state index in [0.717, 1.165) is 15.6 Å². The van der Waals surface area contributed by atoms with Gasteiger partial charge in [-0.25, -0.2) is 9.37 Å². The van der Waals surface area contributed by atoms with Crippen LogP contribution < -0.4 is 4.74 Å². The molecule has 3 rings (SSSR count). The maximum Gasteiger partial charge on any atom is 0.151 e. The normalized spacial score (nSPS) is 10.8. The highest BCUT2D eigenvalue weighted by molar-refractivity contribution is 8.01. The van der Waals surface area contributed by atoms with E-state index >= 15 is 0 Å². The summed E-state index contributed by atoms with van der Waals surface area (Å²) >= 11 is 3.37. The molecule has 0 aliphatic heterocycles. The third-order valence-corrected chi connectivity index (χ3v) is 4.81. The zero-order valence-corrected chi connectivity index (χ0v) is 12.2. The second-order valence-electron chi connectivity index (χ2n) is 4.10. The standard InChI is InChI=1S/C15H12FNOS2/c16-11-5-7-12(8-6-11)18-9-10-19-15-17-13-3-1-2-4-14(13)20-15/h1-8H,9-10H2. The van der Waals surface area contributed by atoms with Crippen LogP contribution in [-0.2, 0) is 0 Å². The van der Waals surface area contributed by atoms with E-state index in [0.29, 0.717) is 12.4 Å². The molecule has 0 aliphatic rings. The minimum atomic E-state index is -0.249. The van der Waals surface area contributed by atoms with E-state index in [2.05, 4.69) is 11.1 Å². The Balaban J connectivity index is 1.51. The predicted molar refractivity (Wildman–Crippen MR) is 82.2 cm³/mol. The molecule has 102 valence electrons. The molecule has 0 fully saturated rings. The molecule has 0 atom stereocenters. The van der Waals surface area contributed by atoms with Gasteiger partial charge in [0.1, 0.15) is 11.6 Å². The van der Waals surface area contributed by atoms with Gasteiger partial charge in [0.15, 0.2) is 4.34 Å². The van der Waals surface area contributed by atoms with E-state index in [1.807, 2.05) is 18.2 Å². The third kappa shape index (κ3) is 3.29. The minimum absolute atomic E-state index is 0.249. The molecule has 0 spiro atoms. The number of hydrogen-bond donors (Lipinski definition) is 0. The van der Waals surface area contributed by atoms with Crippen LogP contribution in [-0.4, -0.2) is 17.3 Å². The first-order valence-electron chi connectivity index (χ1n) is 6.18. The Morgan fingerprint density at radius 3 is 2.70 bits per heavy atom. The molecule has 3 aromatic rings. The van der Waals surface area contributed by atoms with Crippen molar-refractivity contribution in [1.82, 2.24) is 4.98 Å². The Labute approximate surface area is 124 Å². The summed E-state index contributed by atoms with van der Waals surface area (Å²) in [5, 5.41) is 0. The number of benzene rings is 2. The molecule has 20 heavy (non-hydrogen) atoms. The van der Waals surface area contributed by atoms with Crippen molar-refractivity contribution in [3.8, 4) is 5.75 Å². The Morgan fingerprint density at radius 1 is 1.10 bits per heavy atom. The molecule has 2 aromatic carbocycles. The van der Waals surface area contributed by atoms with Crippen LogP contribution in [0.3, 0.4) is 0 Å². The molecule has 1 aromatic heterocycles. The van der Waals surface area contributed by atoms with Crippen LogP contribution >= 0.6 is 23.1 Å². The topological polar surface area (TPSA) is 22.1 Å². The van der Waals surface area contributed by atoms with Crippen molar-refractivity contribution in [1.29, 1.82) is 0 Å². The van der Waals surface area contributed by atoms with Crippen LogP contribution in [0.4, 0.5) is 4.39 Å². The Kier molecular flexibility index (Phi) is 4.18. The van der Waals surface area contributed by atoms with Crippen molar-refractivity contribution < 1.29 is 9.13 Å². The summed E-state index contributed by atoms with van der Waals surface area (Å²) in [4.78, 5) is 4.55. The van der Waals surface area contributed by atoms with Crippen molar-refractivity contribution >= 4 is 33.3 Å². The molecule has 1 heterocycles. The van der Waals surface area contributed by atoms with Gasteiger partial charge in [0.05, 0.1) is 16.8 Å². The smallest absolute Gasteiger partial charge is 0.151 e. The third-order valence-electron chi connectivity index (χ3n) is 2.67. The fourth-order valence-electron chi connectivity index (χ4n) is 1.73. The van der Waals surface area contributed by atoms with Crippen LogP contribution in [0.1, 0.15) is 0 Å². The first kappa shape index (κ1) is 13.4. The van der Waals surface area contributed by atoms with Crippen LogP contribution in [0, 0.1) is 5.82 Å². The Bertz CT molecular complexity index is 663. The molecule has 0 N–H and O–H groups in total. The van der Waals surface area contributed by atoms with Crippen molar-refractivity contribution in [2.24, 2.45) is 0 Å². The Morgan fingerprint density at radius 2 is 1.90 bits per heavy atom. The SMILES string of the molecule is Fc1ccc(OCCSc2nc3ccccc3s2)cc1. The van der Waals surface area contributed by atoms with Gasteiger partial charge < -0.3 is 4.74 Å². The summed E-state index contributed by atoms with van der Waals surface area (Å²) in [6.45, 7) is 0.576. The summed E-state index contributed by atoms with van der Waals surface area (Å²) in [5.74, 6) is 1.26. The number of ether oxygens (including phenoxy) is 1. The van der Waals surface area contributed by atoms with Gasteiger partial charge in [-0.05, 0) is 36.4 Å². The summed E-state index contributed by atoms with van der Waals surface area (Å²) in [5.41, 5.74) is 1.04. The van der Waals surface area contributed by atoms with Crippen molar-refractivity contribution in [3.63, 3.8) is 0 Å². The van der Waals surface area contributed by atoms with E-state index in [9.17, 15) is 4.39 Å². The van der Waals surface area contributed by atoms with Gasteiger partial charge in [-0.1, -0.05) is 23.9 Å². The number of thioether (sulfide) groups is 1. The number of halogens is 1. The first-order chi connectivity index (χ1) is 9.81. The number of nitrogens with zero attached hydrogens (tertiary/aromatic N) is 1. The van der Waals surface area contributed by atoms with E-state index < -0.39 is 0 Å². The molecular formula is C15H12FNOS2. The number of hydrogen-bond acceptors (Lipinski definition) is 4. The number of thiazole rings is 1. The van der Waals surface area contributed by atoms with Crippen molar-refractivity contribution in [3.05, 3.63) is 54.3 Å². The number of fused-ring (bicyclic) bond motifs is 1. The van der Waals surface area contributed by atoms with Gasteiger partial charge in [0.2, 0.25) is 0 Å². The van der Waals surface area contributed by atoms with Crippen molar-refractivity contribution in [2.45, 2.75) is 4.34 Å². The quantitative estimate of drug-likeness (QED) is 0.508. The average molecular weight is 305 g/mol. The monoisotopic (exact) mass is 305 g/mol. The fourth-order valence-corrected chi connectivity index (χ4v) is 3.69. The Hall–Kier alpha value is -1.59. The van der Waals surface area contributed by atoms with Gasteiger partial charge in [0.25, 0.3) is 0 Å². The van der Waals surface area contributed by atoms with Gasteiger partial charge in [-0.15, -0.1) is 11.3 Å². The molecule has 0 bridgehead atoms. The lowest BCUT2D eigenvalue weighted by Gasteiger charge is -2.04. The lowest BCUT2D eigenvalue weighted by molar-refractivity contribution is 0.343. The zero-order valence-electron chi connectivity index (χ0n) is 10.6. The van der Waals surface area contributed by atoms with E-state index in [1.165, 1.54) is 16.8 Å². The molecule has 0 amide bonds. The van der Waals surface area contributed by atoms with Gasteiger partial charge in [-0.3, -0.25) is 0 Å². The maximum atomic E-state index is 12.7. The van der Waals surface area contributed by atoms with Crippen LogP contribution in [0.15, 0.2) is 52.9 Å². The lowest BCUT2D eigenvalue weighted by atomic mass is 10.3. The first-order valence-corrected chi connectivity index (χ1v) is 7.98. The van der Waals surface area contributed by atoms with Gasteiger partial charge in [0, 0.05) is 5.75 Å². The highest BCUT2D eigenvalue weighted by atomic mass is 32.2. The molecule has 0 radical (unpaired) electrons. The van der Waals surface area contributed by atoms with Crippen LogP contribution in [0.2, 0.25) is 0 Å². The second-order valence-corrected chi connectivity index (χ2v) is 6.47. The molecule has 0 unspecified atom stereocenters. The van der Waals surface area contributed by atoms with E-state index in [1.54, 1.807) is 35.2 Å². The van der Waals surface area contributed by atoms with E-state index in [-0.39, 0.29) is 5.82 Å². The van der Waals surface area contributed by atoms with E-state index in [4.69, 9.17) is 4.74 Å². The second kappa shape index (κ2) is 6.24. The molecular weight excluding hydrogens is 293 g/mol. The minimum Gasteiger partial charge on any atom is -0.493 e. The summed E-state index contributed by atoms with van der Waals surface area (Å²) in [6.07, 6.45) is 0. The number of para-hydroxylation sites is 1. The lowest BCUT2D eigenvalue weighted by Crippen LogP contribution is -1.99. The maximum absolute atomic E-state index is 12.7. The van der Waals surface area contributed by atoms with Crippen LogP contribution in [0.25, 0.3) is 10.2 Å². The summed E-state index contributed by atoms with van der Waals surface area (Å²) < 4.78 is 20.5. The zero-order chi connectivity index (χ0) is 13.8. The number of aromatic nitrogens is 1. The molecule has 0 aliphatic carbocycles. The molecule has 0 saturated heterocycles. The predicted octanol–water partition coefficient (Wildman–Crippen LogP) is 4.61.